The molecule has 92 valence electrons. The first-order valence-electron chi connectivity index (χ1n) is 6.19. The lowest BCUT2D eigenvalue weighted by Gasteiger charge is -2.27. The van der Waals surface area contributed by atoms with E-state index in [2.05, 4.69) is 13.0 Å². The molecule has 1 saturated heterocycles. The van der Waals surface area contributed by atoms with Crippen LogP contribution in [-0.4, -0.2) is 37.1 Å². The highest BCUT2D eigenvalue weighted by atomic mass is 16.5. The molecule has 0 atom stereocenters. The Morgan fingerprint density at radius 2 is 2.06 bits per heavy atom. The van der Waals surface area contributed by atoms with Gasteiger partial charge in [-0.25, -0.2) is 0 Å². The molecule has 1 aromatic carbocycles. The molecule has 2 rings (SSSR count). The van der Waals surface area contributed by atoms with Crippen LogP contribution in [0.1, 0.15) is 28.4 Å². The number of amides is 1. The molecule has 1 heterocycles. The van der Waals surface area contributed by atoms with Crippen LogP contribution < -0.4 is 0 Å². The van der Waals surface area contributed by atoms with Crippen LogP contribution in [0.25, 0.3) is 0 Å². The molecule has 1 amide bonds. The van der Waals surface area contributed by atoms with E-state index < -0.39 is 0 Å². The lowest BCUT2D eigenvalue weighted by Crippen LogP contribution is -2.41. The minimum absolute atomic E-state index is 0.140. The Morgan fingerprint density at radius 3 is 2.71 bits per heavy atom. The Labute approximate surface area is 102 Å². The summed E-state index contributed by atoms with van der Waals surface area (Å²) in [7, 11) is 0. The van der Waals surface area contributed by atoms with Crippen molar-refractivity contribution >= 4 is 5.91 Å². The average Bonchev–Trinajstić information content (AvgIpc) is 2.39. The summed E-state index contributed by atoms with van der Waals surface area (Å²) in [6.07, 6.45) is 0.968. The van der Waals surface area contributed by atoms with E-state index in [1.165, 1.54) is 5.56 Å². The first-order valence-corrected chi connectivity index (χ1v) is 6.19. The standard InChI is InChI=1S/C14H19NO2/c1-3-12-5-4-6-13(11(12)2)14(16)15-7-9-17-10-8-15/h4-6H,3,7-10H2,1-2H3. The predicted octanol–water partition coefficient (Wildman–Crippen LogP) is 2.03. The molecule has 0 radical (unpaired) electrons. The molecule has 0 bridgehead atoms. The Morgan fingerprint density at radius 1 is 1.35 bits per heavy atom. The molecular weight excluding hydrogens is 214 g/mol. The molecule has 0 aliphatic carbocycles. The van der Waals surface area contributed by atoms with Crippen molar-refractivity contribution in [3.8, 4) is 0 Å². The molecule has 3 nitrogen and oxygen atoms in total. The number of nitrogens with zero attached hydrogens (tertiary/aromatic N) is 1. The predicted molar refractivity (Wildman–Crippen MR) is 67.3 cm³/mol. The van der Waals surface area contributed by atoms with Crippen molar-refractivity contribution in [2.75, 3.05) is 26.3 Å². The topological polar surface area (TPSA) is 29.5 Å². The summed E-state index contributed by atoms with van der Waals surface area (Å²) in [5.74, 6) is 0.140. The molecule has 0 N–H and O–H groups in total. The average molecular weight is 233 g/mol. The first-order chi connectivity index (χ1) is 8.24. The molecule has 17 heavy (non-hydrogen) atoms. The van der Waals surface area contributed by atoms with E-state index in [1.54, 1.807) is 0 Å². The van der Waals surface area contributed by atoms with Gasteiger partial charge in [-0.05, 0) is 30.5 Å². The number of carbonyl (C=O) groups excluding carboxylic acids is 1. The lowest BCUT2D eigenvalue weighted by atomic mass is 9.99. The van der Waals surface area contributed by atoms with Crippen molar-refractivity contribution in [3.05, 3.63) is 34.9 Å². The van der Waals surface area contributed by atoms with Crippen molar-refractivity contribution in [2.45, 2.75) is 20.3 Å². The zero-order valence-corrected chi connectivity index (χ0v) is 10.5. The zero-order valence-electron chi connectivity index (χ0n) is 10.5. The number of rotatable bonds is 2. The van der Waals surface area contributed by atoms with E-state index in [-0.39, 0.29) is 5.91 Å². The molecule has 1 aliphatic rings. The Hall–Kier alpha value is -1.35. The third-order valence-electron chi connectivity index (χ3n) is 3.36. The summed E-state index contributed by atoms with van der Waals surface area (Å²) in [5.41, 5.74) is 3.21. The fourth-order valence-corrected chi connectivity index (χ4v) is 2.23. The van der Waals surface area contributed by atoms with Gasteiger partial charge in [-0.15, -0.1) is 0 Å². The number of benzene rings is 1. The third-order valence-corrected chi connectivity index (χ3v) is 3.36. The second-order valence-corrected chi connectivity index (χ2v) is 4.35. The van der Waals surface area contributed by atoms with Gasteiger partial charge in [0.05, 0.1) is 13.2 Å². The highest BCUT2D eigenvalue weighted by molar-refractivity contribution is 5.96. The second-order valence-electron chi connectivity index (χ2n) is 4.35. The molecule has 0 unspecified atom stereocenters. The molecular formula is C14H19NO2. The smallest absolute Gasteiger partial charge is 0.254 e. The van der Waals surface area contributed by atoms with Gasteiger partial charge in [0.25, 0.3) is 5.91 Å². The summed E-state index contributed by atoms with van der Waals surface area (Å²) in [6.45, 7) is 6.86. The SMILES string of the molecule is CCc1cccc(C(=O)N2CCOCC2)c1C. The molecule has 3 heteroatoms. The van der Waals surface area contributed by atoms with Crippen LogP contribution in [0.2, 0.25) is 0 Å². The van der Waals surface area contributed by atoms with Gasteiger partial charge in [-0.2, -0.15) is 0 Å². The molecule has 1 fully saturated rings. The number of carbonyl (C=O) groups is 1. The lowest BCUT2D eigenvalue weighted by molar-refractivity contribution is 0.0302. The van der Waals surface area contributed by atoms with E-state index in [1.807, 2.05) is 24.0 Å². The highest BCUT2D eigenvalue weighted by Gasteiger charge is 2.20. The van der Waals surface area contributed by atoms with Crippen LogP contribution in [0.3, 0.4) is 0 Å². The van der Waals surface area contributed by atoms with Gasteiger partial charge >= 0.3 is 0 Å². The largest absolute Gasteiger partial charge is 0.378 e. The van der Waals surface area contributed by atoms with Gasteiger partial charge < -0.3 is 9.64 Å². The van der Waals surface area contributed by atoms with Gasteiger partial charge in [-0.3, -0.25) is 4.79 Å². The van der Waals surface area contributed by atoms with Crippen LogP contribution in [0, 0.1) is 6.92 Å². The van der Waals surface area contributed by atoms with E-state index in [0.717, 1.165) is 17.5 Å². The van der Waals surface area contributed by atoms with E-state index in [0.29, 0.717) is 26.3 Å². The number of aryl methyl sites for hydroxylation is 1. The van der Waals surface area contributed by atoms with E-state index in [4.69, 9.17) is 4.74 Å². The van der Waals surface area contributed by atoms with Crippen molar-refractivity contribution in [1.82, 2.24) is 4.90 Å². The summed E-state index contributed by atoms with van der Waals surface area (Å²) in [6, 6.07) is 5.98. The van der Waals surface area contributed by atoms with E-state index >= 15 is 0 Å². The first kappa shape index (κ1) is 12.1. The monoisotopic (exact) mass is 233 g/mol. The quantitative estimate of drug-likeness (QED) is 0.782. The summed E-state index contributed by atoms with van der Waals surface area (Å²) in [5, 5.41) is 0. The number of hydrogen-bond donors (Lipinski definition) is 0. The fourth-order valence-electron chi connectivity index (χ4n) is 2.23. The van der Waals surface area contributed by atoms with Gasteiger partial charge in [0, 0.05) is 18.7 Å². The maximum absolute atomic E-state index is 12.4. The maximum atomic E-state index is 12.4. The van der Waals surface area contributed by atoms with Crippen molar-refractivity contribution in [1.29, 1.82) is 0 Å². The summed E-state index contributed by atoms with van der Waals surface area (Å²) in [4.78, 5) is 14.2. The van der Waals surface area contributed by atoms with Gasteiger partial charge in [0.1, 0.15) is 0 Å². The number of morpholine rings is 1. The fraction of sp³-hybridized carbons (Fsp3) is 0.500. The summed E-state index contributed by atoms with van der Waals surface area (Å²) >= 11 is 0. The Bertz CT molecular complexity index is 409. The summed E-state index contributed by atoms with van der Waals surface area (Å²) < 4.78 is 5.27. The number of ether oxygens (including phenoxy) is 1. The second kappa shape index (κ2) is 5.32. The molecule has 0 saturated carbocycles. The third kappa shape index (κ3) is 2.50. The minimum atomic E-state index is 0.140. The number of hydrogen-bond acceptors (Lipinski definition) is 2. The van der Waals surface area contributed by atoms with Crippen LogP contribution >= 0.6 is 0 Å². The Kier molecular flexibility index (Phi) is 3.79. The van der Waals surface area contributed by atoms with Gasteiger partial charge in [0.2, 0.25) is 0 Å². The van der Waals surface area contributed by atoms with Crippen LogP contribution in [0.4, 0.5) is 0 Å². The molecule has 1 aliphatic heterocycles. The Balaban J connectivity index is 2.23. The van der Waals surface area contributed by atoms with Gasteiger partial charge in [0.15, 0.2) is 0 Å². The highest BCUT2D eigenvalue weighted by Crippen LogP contribution is 2.17. The van der Waals surface area contributed by atoms with Crippen LogP contribution in [0.5, 0.6) is 0 Å². The van der Waals surface area contributed by atoms with Crippen molar-refractivity contribution in [3.63, 3.8) is 0 Å². The normalized spacial score (nSPS) is 16.0. The van der Waals surface area contributed by atoms with Gasteiger partial charge in [-0.1, -0.05) is 19.1 Å². The minimum Gasteiger partial charge on any atom is -0.378 e. The zero-order chi connectivity index (χ0) is 12.3. The molecule has 0 aromatic heterocycles. The van der Waals surface area contributed by atoms with Crippen LogP contribution in [0.15, 0.2) is 18.2 Å². The maximum Gasteiger partial charge on any atom is 0.254 e. The van der Waals surface area contributed by atoms with E-state index in [9.17, 15) is 4.79 Å². The molecule has 0 spiro atoms. The van der Waals surface area contributed by atoms with Crippen molar-refractivity contribution in [2.24, 2.45) is 0 Å². The van der Waals surface area contributed by atoms with Crippen molar-refractivity contribution < 1.29 is 9.53 Å². The molecule has 1 aromatic rings. The van der Waals surface area contributed by atoms with Crippen LogP contribution in [-0.2, 0) is 11.2 Å².